The van der Waals surface area contributed by atoms with Gasteiger partial charge in [0.15, 0.2) is 0 Å². The van der Waals surface area contributed by atoms with E-state index in [2.05, 4.69) is 25.8 Å². The van der Waals surface area contributed by atoms with Gasteiger partial charge in [0.2, 0.25) is 0 Å². The van der Waals surface area contributed by atoms with Crippen LogP contribution in [0.5, 0.6) is 0 Å². The Balaban J connectivity index is 1.57. The average Bonchev–Trinajstić information content (AvgIpc) is 3.33. The first-order valence-electron chi connectivity index (χ1n) is 8.26. The number of carbonyl (C=O) groups is 1. The monoisotopic (exact) mass is 373 g/mol. The summed E-state index contributed by atoms with van der Waals surface area (Å²) in [5, 5.41) is 11.3. The second-order valence-electron chi connectivity index (χ2n) is 6.47. The molecule has 1 N–H and O–H groups in total. The number of amides is 1. The van der Waals surface area contributed by atoms with E-state index in [-0.39, 0.29) is 11.4 Å². The highest BCUT2D eigenvalue weighted by atomic mass is 32.1. The first-order valence-corrected chi connectivity index (χ1v) is 9.95. The molecule has 8 heteroatoms. The molecule has 1 amide bonds. The Bertz CT molecular complexity index is 904. The number of rotatable bonds is 4. The van der Waals surface area contributed by atoms with E-state index in [1.54, 1.807) is 28.4 Å². The Morgan fingerprint density at radius 2 is 2.12 bits per heavy atom. The summed E-state index contributed by atoms with van der Waals surface area (Å²) in [4.78, 5) is 22.5. The van der Waals surface area contributed by atoms with Gasteiger partial charge in [0.05, 0.1) is 17.9 Å². The highest BCUT2D eigenvalue weighted by Gasteiger charge is 2.40. The van der Waals surface area contributed by atoms with Crippen LogP contribution in [0.4, 0.5) is 0 Å². The molecule has 130 valence electrons. The Morgan fingerprint density at radius 1 is 1.32 bits per heavy atom. The summed E-state index contributed by atoms with van der Waals surface area (Å²) in [5.41, 5.74) is 1.61. The van der Waals surface area contributed by atoms with Crippen molar-refractivity contribution < 1.29 is 4.79 Å². The van der Waals surface area contributed by atoms with E-state index < -0.39 is 0 Å². The van der Waals surface area contributed by atoms with Crippen molar-refractivity contribution in [2.45, 2.75) is 38.1 Å². The van der Waals surface area contributed by atoms with Crippen LogP contribution in [0.2, 0.25) is 0 Å². The maximum Gasteiger partial charge on any atom is 0.263 e. The van der Waals surface area contributed by atoms with Crippen LogP contribution in [0.15, 0.2) is 24.0 Å². The number of aryl methyl sites for hydroxylation is 2. The number of hydrogen-bond acceptors (Lipinski definition) is 6. The molecule has 3 aromatic rings. The first-order chi connectivity index (χ1) is 12.1. The normalized spacial score (nSPS) is 16.2. The fourth-order valence-corrected chi connectivity index (χ4v) is 5.07. The van der Waals surface area contributed by atoms with Crippen molar-refractivity contribution in [1.82, 2.24) is 25.1 Å². The summed E-state index contributed by atoms with van der Waals surface area (Å²) in [5.74, 6) is -0.0672. The fourth-order valence-electron chi connectivity index (χ4n) is 3.27. The van der Waals surface area contributed by atoms with Crippen LogP contribution in [-0.2, 0) is 12.6 Å². The van der Waals surface area contributed by atoms with Gasteiger partial charge in [-0.1, -0.05) is 12.8 Å². The van der Waals surface area contributed by atoms with Crippen molar-refractivity contribution in [3.05, 3.63) is 39.5 Å². The molecule has 1 saturated carbocycles. The molecule has 3 aromatic heterocycles. The van der Waals surface area contributed by atoms with E-state index in [0.717, 1.165) is 47.0 Å². The average molecular weight is 374 g/mol. The molecule has 6 nitrogen and oxygen atoms in total. The molecule has 0 aromatic carbocycles. The predicted octanol–water partition coefficient (Wildman–Crippen LogP) is 3.51. The third-order valence-corrected chi connectivity index (χ3v) is 6.73. The van der Waals surface area contributed by atoms with Crippen molar-refractivity contribution >= 4 is 28.6 Å². The third-order valence-electron chi connectivity index (χ3n) is 4.52. The van der Waals surface area contributed by atoms with Gasteiger partial charge in [-0.15, -0.1) is 22.7 Å². The Labute approximate surface area is 153 Å². The minimum absolute atomic E-state index is 0.0672. The molecule has 25 heavy (non-hydrogen) atoms. The Morgan fingerprint density at radius 3 is 2.76 bits per heavy atom. The zero-order valence-corrected chi connectivity index (χ0v) is 15.8. The highest BCUT2D eigenvalue weighted by molar-refractivity contribution is 7.16. The van der Waals surface area contributed by atoms with Gasteiger partial charge in [-0.2, -0.15) is 5.10 Å². The van der Waals surface area contributed by atoms with E-state index in [1.807, 2.05) is 20.2 Å². The van der Waals surface area contributed by atoms with Crippen LogP contribution >= 0.6 is 22.7 Å². The SMILES string of the molecule is Cc1csc(C2(NC(=O)c3cnc(-c4cnn(C)c4)s3)CCCC2)n1. The Kier molecular flexibility index (Phi) is 4.16. The number of hydrogen-bond donors (Lipinski definition) is 1. The summed E-state index contributed by atoms with van der Waals surface area (Å²) < 4.78 is 1.73. The summed E-state index contributed by atoms with van der Waals surface area (Å²) in [7, 11) is 1.87. The summed E-state index contributed by atoms with van der Waals surface area (Å²) in [6.45, 7) is 1.99. The number of carbonyl (C=O) groups excluding carboxylic acids is 1. The second kappa shape index (κ2) is 6.34. The summed E-state index contributed by atoms with van der Waals surface area (Å²) in [6.07, 6.45) is 9.43. The zero-order valence-electron chi connectivity index (χ0n) is 14.2. The molecule has 1 aliphatic rings. The summed E-state index contributed by atoms with van der Waals surface area (Å²) in [6, 6.07) is 0. The van der Waals surface area contributed by atoms with Crippen molar-refractivity contribution in [2.24, 2.45) is 7.05 Å². The molecular weight excluding hydrogens is 354 g/mol. The summed E-state index contributed by atoms with van der Waals surface area (Å²) >= 11 is 3.03. The van der Waals surface area contributed by atoms with Gasteiger partial charge in [0.25, 0.3) is 5.91 Å². The molecule has 4 rings (SSSR count). The lowest BCUT2D eigenvalue weighted by Gasteiger charge is -2.27. The van der Waals surface area contributed by atoms with Crippen LogP contribution in [0.25, 0.3) is 10.6 Å². The maximum absolute atomic E-state index is 12.9. The second-order valence-corrected chi connectivity index (χ2v) is 8.36. The molecule has 0 radical (unpaired) electrons. The molecule has 3 heterocycles. The molecule has 0 bridgehead atoms. The van der Waals surface area contributed by atoms with Crippen LogP contribution in [-0.4, -0.2) is 25.7 Å². The largest absolute Gasteiger partial charge is 0.339 e. The van der Waals surface area contributed by atoms with E-state index in [0.29, 0.717) is 4.88 Å². The minimum atomic E-state index is -0.325. The van der Waals surface area contributed by atoms with Crippen molar-refractivity contribution in [1.29, 1.82) is 0 Å². The van der Waals surface area contributed by atoms with Crippen molar-refractivity contribution in [3.63, 3.8) is 0 Å². The molecule has 1 aliphatic carbocycles. The molecule has 0 saturated heterocycles. The van der Waals surface area contributed by atoms with Crippen LogP contribution < -0.4 is 5.32 Å². The van der Waals surface area contributed by atoms with Gasteiger partial charge in [0.1, 0.15) is 14.9 Å². The van der Waals surface area contributed by atoms with Gasteiger partial charge in [-0.25, -0.2) is 9.97 Å². The Hall–Kier alpha value is -2.06. The van der Waals surface area contributed by atoms with E-state index >= 15 is 0 Å². The molecule has 1 fully saturated rings. The number of aromatic nitrogens is 4. The standard InChI is InChI=1S/C17H19N5OS2/c1-11-10-24-16(20-11)17(5-3-4-6-17)21-14(23)13-8-18-15(25-13)12-7-19-22(2)9-12/h7-10H,3-6H2,1-2H3,(H,21,23). The fraction of sp³-hybridized carbons (Fsp3) is 0.412. The maximum atomic E-state index is 12.9. The lowest BCUT2D eigenvalue weighted by Crippen LogP contribution is -2.43. The topological polar surface area (TPSA) is 72.7 Å². The van der Waals surface area contributed by atoms with E-state index in [4.69, 9.17) is 0 Å². The molecular formula is C17H19N5OS2. The number of nitrogens with zero attached hydrogens (tertiary/aromatic N) is 4. The van der Waals surface area contributed by atoms with Crippen molar-refractivity contribution in [2.75, 3.05) is 0 Å². The van der Waals surface area contributed by atoms with Crippen LogP contribution in [0, 0.1) is 6.92 Å². The number of nitrogens with one attached hydrogen (secondary N) is 1. The van der Waals surface area contributed by atoms with Gasteiger partial charge in [-0.05, 0) is 19.8 Å². The molecule has 0 atom stereocenters. The first kappa shape index (κ1) is 16.4. The van der Waals surface area contributed by atoms with Crippen LogP contribution in [0.1, 0.15) is 46.1 Å². The van der Waals surface area contributed by atoms with Gasteiger partial charge < -0.3 is 5.32 Å². The third kappa shape index (κ3) is 3.11. The van der Waals surface area contributed by atoms with Gasteiger partial charge in [-0.3, -0.25) is 9.48 Å². The number of thiazole rings is 2. The molecule has 0 unspecified atom stereocenters. The van der Waals surface area contributed by atoms with Crippen LogP contribution in [0.3, 0.4) is 0 Å². The van der Waals surface area contributed by atoms with Crippen molar-refractivity contribution in [3.8, 4) is 10.6 Å². The molecule has 0 spiro atoms. The quantitative estimate of drug-likeness (QED) is 0.760. The van der Waals surface area contributed by atoms with Gasteiger partial charge >= 0.3 is 0 Å². The minimum Gasteiger partial charge on any atom is -0.339 e. The van der Waals surface area contributed by atoms with E-state index in [9.17, 15) is 4.79 Å². The lowest BCUT2D eigenvalue weighted by atomic mass is 9.98. The van der Waals surface area contributed by atoms with E-state index in [1.165, 1.54) is 11.3 Å². The highest BCUT2D eigenvalue weighted by Crippen LogP contribution is 2.40. The predicted molar refractivity (Wildman–Crippen MR) is 98.8 cm³/mol. The molecule has 0 aliphatic heterocycles. The lowest BCUT2D eigenvalue weighted by molar-refractivity contribution is 0.0902. The van der Waals surface area contributed by atoms with Gasteiger partial charge in [0, 0.05) is 29.9 Å². The zero-order chi connectivity index (χ0) is 17.4. The smallest absolute Gasteiger partial charge is 0.263 e.